The fraction of sp³-hybridized carbons (Fsp3) is 0.483. The van der Waals surface area contributed by atoms with E-state index in [2.05, 4.69) is 53.2 Å². The highest BCUT2D eigenvalue weighted by Gasteiger charge is 2.33. The van der Waals surface area contributed by atoms with Crippen molar-refractivity contribution < 1.29 is 18.8 Å². The van der Waals surface area contributed by atoms with Crippen molar-refractivity contribution in [1.82, 2.24) is 15.0 Å². The summed E-state index contributed by atoms with van der Waals surface area (Å²) >= 11 is 1.50. The van der Waals surface area contributed by atoms with Gasteiger partial charge in [0, 0.05) is 30.7 Å². The van der Waals surface area contributed by atoms with Gasteiger partial charge < -0.3 is 14.0 Å². The summed E-state index contributed by atoms with van der Waals surface area (Å²) in [5, 5.41) is 4.21. The average molecular weight is 526 g/mol. The highest BCUT2D eigenvalue weighted by atomic mass is 32.2. The summed E-state index contributed by atoms with van der Waals surface area (Å²) in [5.41, 5.74) is 3.93. The zero-order chi connectivity index (χ0) is 27.2. The quantitative estimate of drug-likeness (QED) is 0.216. The van der Waals surface area contributed by atoms with Crippen LogP contribution in [0.1, 0.15) is 57.2 Å². The Hall–Kier alpha value is -2.68. The van der Waals surface area contributed by atoms with Gasteiger partial charge in [0.2, 0.25) is 11.7 Å². The highest BCUT2D eigenvalue weighted by molar-refractivity contribution is 8.01. The smallest absolute Gasteiger partial charge is 0.322 e. The number of aryl methyl sites for hydroxylation is 2. The van der Waals surface area contributed by atoms with Gasteiger partial charge in [0.1, 0.15) is 10.3 Å². The van der Waals surface area contributed by atoms with Crippen LogP contribution >= 0.6 is 11.8 Å². The maximum absolute atomic E-state index is 12.6. The van der Waals surface area contributed by atoms with Gasteiger partial charge in [-0.1, -0.05) is 41.1 Å². The third-order valence-electron chi connectivity index (χ3n) is 5.65. The summed E-state index contributed by atoms with van der Waals surface area (Å²) in [6.45, 7) is 16.1. The number of esters is 1. The van der Waals surface area contributed by atoms with Crippen LogP contribution in [0.4, 0.5) is 0 Å². The van der Waals surface area contributed by atoms with Crippen molar-refractivity contribution in [3.05, 3.63) is 65.0 Å². The molecule has 1 aromatic heterocycles. The Morgan fingerprint density at radius 2 is 1.73 bits per heavy atom. The maximum Gasteiger partial charge on any atom is 0.322 e. The molecule has 0 spiro atoms. The lowest BCUT2D eigenvalue weighted by Gasteiger charge is -2.28. The molecule has 0 aliphatic heterocycles. The standard InChI is InChI=1S/C29H39N3O4S/c1-20-9-14-24(21(2)17-20)26-30-25(36-31-26)19-32(15-16-34-8)18-22-10-12-23(13-11-22)37-29(6,7)27(33)35-28(3,4)5/h9-14,17H,15-16,18-19H2,1-8H3. The molecule has 1 heterocycles. The number of carbonyl (C=O) groups excluding carboxylic acids is 1. The molecule has 7 nitrogen and oxygen atoms in total. The maximum atomic E-state index is 12.6. The van der Waals surface area contributed by atoms with E-state index < -0.39 is 10.3 Å². The van der Waals surface area contributed by atoms with Gasteiger partial charge in [-0.15, -0.1) is 11.8 Å². The molecule has 0 aliphatic carbocycles. The van der Waals surface area contributed by atoms with Crippen LogP contribution in [0.3, 0.4) is 0 Å². The molecule has 0 fully saturated rings. The van der Waals surface area contributed by atoms with Crippen molar-refractivity contribution in [2.45, 2.75) is 76.8 Å². The second-order valence-corrected chi connectivity index (χ2v) is 12.5. The van der Waals surface area contributed by atoms with E-state index in [1.807, 2.05) is 52.8 Å². The van der Waals surface area contributed by atoms with Gasteiger partial charge in [-0.3, -0.25) is 9.69 Å². The molecule has 37 heavy (non-hydrogen) atoms. The average Bonchev–Trinajstić information content (AvgIpc) is 3.25. The van der Waals surface area contributed by atoms with Crippen molar-refractivity contribution in [2.75, 3.05) is 20.3 Å². The molecule has 3 rings (SSSR count). The second-order valence-electron chi connectivity index (χ2n) is 10.8. The first-order valence-electron chi connectivity index (χ1n) is 12.5. The summed E-state index contributed by atoms with van der Waals surface area (Å²) in [6.07, 6.45) is 0. The molecule has 2 aromatic carbocycles. The molecule has 0 aliphatic rings. The van der Waals surface area contributed by atoms with Gasteiger partial charge >= 0.3 is 5.97 Å². The molecule has 0 atom stereocenters. The number of methoxy groups -OCH3 is 1. The monoisotopic (exact) mass is 525 g/mol. The molecule has 0 radical (unpaired) electrons. The van der Waals surface area contributed by atoms with Gasteiger partial charge in [0.25, 0.3) is 0 Å². The lowest BCUT2D eigenvalue weighted by atomic mass is 10.1. The number of aromatic nitrogens is 2. The van der Waals surface area contributed by atoms with E-state index >= 15 is 0 Å². The van der Waals surface area contributed by atoms with Crippen LogP contribution in [0.15, 0.2) is 51.9 Å². The summed E-state index contributed by atoms with van der Waals surface area (Å²) in [4.78, 5) is 20.5. The van der Waals surface area contributed by atoms with E-state index in [-0.39, 0.29) is 5.97 Å². The summed E-state index contributed by atoms with van der Waals surface area (Å²) < 4.78 is 15.8. The number of rotatable bonds is 11. The van der Waals surface area contributed by atoms with E-state index in [4.69, 9.17) is 14.0 Å². The minimum atomic E-state index is -0.690. The largest absolute Gasteiger partial charge is 0.459 e. The van der Waals surface area contributed by atoms with Crippen LogP contribution in [0.25, 0.3) is 11.4 Å². The van der Waals surface area contributed by atoms with E-state index in [1.54, 1.807) is 7.11 Å². The molecule has 0 amide bonds. The summed E-state index contributed by atoms with van der Waals surface area (Å²) in [5.74, 6) is 0.949. The molecule has 0 bridgehead atoms. The third-order valence-corrected chi connectivity index (χ3v) is 6.84. The molecular formula is C29H39N3O4S. The zero-order valence-corrected chi connectivity index (χ0v) is 24.1. The Balaban J connectivity index is 1.66. The predicted molar refractivity (Wildman–Crippen MR) is 147 cm³/mol. The van der Waals surface area contributed by atoms with E-state index in [1.165, 1.54) is 17.3 Å². The number of carbonyl (C=O) groups is 1. The Kier molecular flexibility index (Phi) is 9.56. The molecule has 0 unspecified atom stereocenters. The van der Waals surface area contributed by atoms with Crippen molar-refractivity contribution in [2.24, 2.45) is 0 Å². The number of thioether (sulfide) groups is 1. The minimum Gasteiger partial charge on any atom is -0.459 e. The first-order chi connectivity index (χ1) is 17.4. The van der Waals surface area contributed by atoms with Gasteiger partial charge in [0.15, 0.2) is 0 Å². The highest BCUT2D eigenvalue weighted by Crippen LogP contribution is 2.34. The molecule has 0 saturated heterocycles. The normalized spacial score (nSPS) is 12.2. The fourth-order valence-electron chi connectivity index (χ4n) is 3.78. The number of ether oxygens (including phenoxy) is 2. The van der Waals surface area contributed by atoms with Crippen LogP contribution < -0.4 is 0 Å². The SMILES string of the molecule is COCCN(Cc1ccc(SC(C)(C)C(=O)OC(C)(C)C)cc1)Cc1nc(-c2ccc(C)cc2C)no1. The Bertz CT molecular complexity index is 1180. The van der Waals surface area contributed by atoms with E-state index in [9.17, 15) is 4.79 Å². The van der Waals surface area contributed by atoms with Gasteiger partial charge in [-0.05, 0) is 71.7 Å². The Morgan fingerprint density at radius 3 is 2.35 bits per heavy atom. The number of hydrogen-bond acceptors (Lipinski definition) is 8. The lowest BCUT2D eigenvalue weighted by molar-refractivity contribution is -0.156. The molecule has 3 aromatic rings. The van der Waals surface area contributed by atoms with Gasteiger partial charge in [0.05, 0.1) is 13.2 Å². The number of hydrogen-bond donors (Lipinski definition) is 0. The van der Waals surface area contributed by atoms with E-state index in [0.717, 1.165) is 28.1 Å². The topological polar surface area (TPSA) is 77.7 Å². The molecular weight excluding hydrogens is 486 g/mol. The van der Waals surface area contributed by atoms with Crippen LogP contribution in [-0.2, 0) is 27.4 Å². The van der Waals surface area contributed by atoms with Crippen LogP contribution in [0.5, 0.6) is 0 Å². The van der Waals surface area contributed by atoms with Crippen LogP contribution in [0.2, 0.25) is 0 Å². The van der Waals surface area contributed by atoms with Crippen molar-refractivity contribution in [3.8, 4) is 11.4 Å². The molecule has 0 N–H and O–H groups in total. The van der Waals surface area contributed by atoms with Gasteiger partial charge in [-0.25, -0.2) is 0 Å². The van der Waals surface area contributed by atoms with Crippen molar-refractivity contribution in [1.29, 1.82) is 0 Å². The first-order valence-corrected chi connectivity index (χ1v) is 13.3. The minimum absolute atomic E-state index is 0.223. The number of nitrogens with zero attached hydrogens (tertiary/aromatic N) is 3. The van der Waals surface area contributed by atoms with Crippen LogP contribution in [0, 0.1) is 13.8 Å². The molecule has 8 heteroatoms. The van der Waals surface area contributed by atoms with Crippen molar-refractivity contribution >= 4 is 17.7 Å². The Morgan fingerprint density at radius 1 is 1.03 bits per heavy atom. The third kappa shape index (κ3) is 8.69. The predicted octanol–water partition coefficient (Wildman–Crippen LogP) is 6.21. The molecule has 200 valence electrons. The molecule has 0 saturated carbocycles. The summed E-state index contributed by atoms with van der Waals surface area (Å²) in [7, 11) is 1.70. The summed E-state index contributed by atoms with van der Waals surface area (Å²) in [6, 6.07) is 14.5. The first kappa shape index (κ1) is 28.9. The van der Waals surface area contributed by atoms with Gasteiger partial charge in [-0.2, -0.15) is 4.98 Å². The van der Waals surface area contributed by atoms with Crippen molar-refractivity contribution in [3.63, 3.8) is 0 Å². The zero-order valence-electron chi connectivity index (χ0n) is 23.3. The fourth-order valence-corrected chi connectivity index (χ4v) is 4.76. The number of benzene rings is 2. The van der Waals surface area contributed by atoms with E-state index in [0.29, 0.717) is 31.4 Å². The second kappa shape index (κ2) is 12.2. The lowest BCUT2D eigenvalue weighted by Crippen LogP contribution is -2.36. The Labute approximate surface area is 224 Å². The van der Waals surface area contributed by atoms with Crippen LogP contribution in [-0.4, -0.2) is 51.6 Å².